The van der Waals surface area contributed by atoms with E-state index in [2.05, 4.69) is 33.8 Å². The maximum atomic E-state index is 11.3. The highest BCUT2D eigenvalue weighted by Crippen LogP contribution is 2.25. The van der Waals surface area contributed by atoms with Crippen molar-refractivity contribution < 1.29 is 14.6 Å². The Kier molecular flexibility index (Phi) is 5.57. The van der Waals surface area contributed by atoms with Crippen molar-refractivity contribution in [2.45, 2.75) is 25.9 Å². The zero-order chi connectivity index (χ0) is 14.5. The third kappa shape index (κ3) is 3.59. The molecule has 1 aromatic rings. The Morgan fingerprint density at radius 2 is 2.20 bits per heavy atom. The summed E-state index contributed by atoms with van der Waals surface area (Å²) in [6, 6.07) is 8.03. The molecular weight excluding hydrogens is 322 g/mol. The number of aliphatic carboxylic acids is 1. The van der Waals surface area contributed by atoms with E-state index in [1.165, 1.54) is 5.56 Å². The Morgan fingerprint density at radius 1 is 1.45 bits per heavy atom. The lowest BCUT2D eigenvalue weighted by Gasteiger charge is -2.30. The predicted molar refractivity (Wildman–Crippen MR) is 80.6 cm³/mol. The standard InChI is InChI=1S/C15H20BrNO3/c1-2-7-17(8-11-5-3-4-6-13(11)16)14-10-20-9-12(14)15(18)19/h3-6,12,14H,2,7-10H2,1H3,(H,18,19). The van der Waals surface area contributed by atoms with E-state index < -0.39 is 11.9 Å². The molecule has 20 heavy (non-hydrogen) atoms. The predicted octanol–water partition coefficient (Wildman–Crippen LogP) is 2.76. The van der Waals surface area contributed by atoms with Crippen molar-refractivity contribution in [1.29, 1.82) is 0 Å². The minimum absolute atomic E-state index is 0.0421. The number of rotatable bonds is 6. The fraction of sp³-hybridized carbons (Fsp3) is 0.533. The van der Waals surface area contributed by atoms with Crippen LogP contribution in [0.2, 0.25) is 0 Å². The highest BCUT2D eigenvalue weighted by molar-refractivity contribution is 9.10. The van der Waals surface area contributed by atoms with Gasteiger partial charge in [-0.1, -0.05) is 41.1 Å². The van der Waals surface area contributed by atoms with Crippen LogP contribution in [0.4, 0.5) is 0 Å². The lowest BCUT2D eigenvalue weighted by molar-refractivity contribution is -0.143. The zero-order valence-corrected chi connectivity index (χ0v) is 13.2. The Labute approximate surface area is 127 Å². The van der Waals surface area contributed by atoms with Gasteiger partial charge in [-0.2, -0.15) is 0 Å². The Balaban J connectivity index is 2.14. The van der Waals surface area contributed by atoms with Gasteiger partial charge in [0.05, 0.1) is 19.1 Å². The average Bonchev–Trinajstić information content (AvgIpc) is 2.90. The second-order valence-electron chi connectivity index (χ2n) is 5.11. The molecule has 1 aliphatic rings. The molecule has 1 saturated heterocycles. The Morgan fingerprint density at radius 3 is 2.85 bits per heavy atom. The van der Waals surface area contributed by atoms with Crippen LogP contribution < -0.4 is 0 Å². The summed E-state index contributed by atoms with van der Waals surface area (Å²) in [7, 11) is 0. The first-order valence-corrected chi connectivity index (χ1v) is 7.70. The van der Waals surface area contributed by atoms with Gasteiger partial charge >= 0.3 is 5.97 Å². The molecule has 5 heteroatoms. The number of carboxylic acids is 1. The van der Waals surface area contributed by atoms with Crippen molar-refractivity contribution >= 4 is 21.9 Å². The van der Waals surface area contributed by atoms with Crippen LogP contribution in [0.15, 0.2) is 28.7 Å². The number of halogens is 1. The monoisotopic (exact) mass is 341 g/mol. The summed E-state index contributed by atoms with van der Waals surface area (Å²) in [6.07, 6.45) is 0.993. The summed E-state index contributed by atoms with van der Waals surface area (Å²) < 4.78 is 6.45. The first-order valence-electron chi connectivity index (χ1n) is 6.91. The van der Waals surface area contributed by atoms with Crippen molar-refractivity contribution in [1.82, 2.24) is 4.90 Å². The van der Waals surface area contributed by atoms with Gasteiger partial charge in [0.2, 0.25) is 0 Å². The Hall–Kier alpha value is -0.910. The van der Waals surface area contributed by atoms with Crippen molar-refractivity contribution in [2.24, 2.45) is 5.92 Å². The van der Waals surface area contributed by atoms with E-state index in [1.807, 2.05) is 18.2 Å². The molecule has 2 rings (SSSR count). The summed E-state index contributed by atoms with van der Waals surface area (Å²) in [6.45, 7) is 4.54. The Bertz CT molecular complexity index is 466. The minimum Gasteiger partial charge on any atom is -0.481 e. The van der Waals surface area contributed by atoms with Gasteiger partial charge in [-0.3, -0.25) is 9.69 Å². The smallest absolute Gasteiger partial charge is 0.310 e. The van der Waals surface area contributed by atoms with Crippen LogP contribution in [0.1, 0.15) is 18.9 Å². The molecule has 0 spiro atoms. The average molecular weight is 342 g/mol. The van der Waals surface area contributed by atoms with Crippen LogP contribution >= 0.6 is 15.9 Å². The van der Waals surface area contributed by atoms with Gasteiger partial charge in [-0.25, -0.2) is 0 Å². The fourth-order valence-electron chi connectivity index (χ4n) is 2.63. The molecule has 1 aliphatic heterocycles. The largest absolute Gasteiger partial charge is 0.481 e. The number of carboxylic acid groups (broad SMARTS) is 1. The van der Waals surface area contributed by atoms with E-state index in [4.69, 9.17) is 4.74 Å². The van der Waals surface area contributed by atoms with Crippen LogP contribution in [0.5, 0.6) is 0 Å². The molecule has 1 N–H and O–H groups in total. The molecule has 0 aromatic heterocycles. The molecule has 0 aliphatic carbocycles. The number of nitrogens with zero attached hydrogens (tertiary/aromatic N) is 1. The third-order valence-corrected chi connectivity index (χ3v) is 4.45. The van der Waals surface area contributed by atoms with Gasteiger partial charge in [-0.15, -0.1) is 0 Å². The van der Waals surface area contributed by atoms with Crippen LogP contribution in [0, 0.1) is 5.92 Å². The van der Waals surface area contributed by atoms with E-state index in [9.17, 15) is 9.90 Å². The summed E-state index contributed by atoms with van der Waals surface area (Å²) in [4.78, 5) is 13.6. The number of hydrogen-bond donors (Lipinski definition) is 1. The van der Waals surface area contributed by atoms with Gasteiger partial charge in [0.25, 0.3) is 0 Å². The van der Waals surface area contributed by atoms with Crippen LogP contribution in [-0.2, 0) is 16.1 Å². The van der Waals surface area contributed by atoms with E-state index in [0.29, 0.717) is 13.2 Å². The van der Waals surface area contributed by atoms with Gasteiger partial charge in [-0.05, 0) is 24.6 Å². The highest BCUT2D eigenvalue weighted by Gasteiger charge is 2.37. The van der Waals surface area contributed by atoms with Crippen molar-refractivity contribution in [3.63, 3.8) is 0 Å². The first-order chi connectivity index (χ1) is 9.63. The van der Waals surface area contributed by atoms with E-state index in [-0.39, 0.29) is 6.04 Å². The molecule has 1 heterocycles. The summed E-state index contributed by atoms with van der Waals surface area (Å²) in [5.41, 5.74) is 1.18. The molecule has 2 unspecified atom stereocenters. The molecule has 0 saturated carbocycles. The topological polar surface area (TPSA) is 49.8 Å². The number of benzene rings is 1. The molecule has 2 atom stereocenters. The molecular formula is C15H20BrNO3. The molecule has 0 radical (unpaired) electrons. The molecule has 1 aromatic carbocycles. The molecule has 4 nitrogen and oxygen atoms in total. The van der Waals surface area contributed by atoms with Crippen LogP contribution in [0.3, 0.4) is 0 Å². The van der Waals surface area contributed by atoms with Gasteiger partial charge < -0.3 is 9.84 Å². The molecule has 0 bridgehead atoms. The summed E-state index contributed by atoms with van der Waals surface area (Å²) in [5.74, 6) is -1.19. The van der Waals surface area contributed by atoms with Gasteiger partial charge in [0.15, 0.2) is 0 Å². The summed E-state index contributed by atoms with van der Waals surface area (Å²) >= 11 is 3.55. The van der Waals surface area contributed by atoms with Crippen molar-refractivity contribution in [3.8, 4) is 0 Å². The van der Waals surface area contributed by atoms with E-state index >= 15 is 0 Å². The summed E-state index contributed by atoms with van der Waals surface area (Å²) in [5, 5.41) is 9.31. The lowest BCUT2D eigenvalue weighted by atomic mass is 10.0. The second-order valence-corrected chi connectivity index (χ2v) is 5.97. The third-order valence-electron chi connectivity index (χ3n) is 3.68. The lowest BCUT2D eigenvalue weighted by Crippen LogP contribution is -2.43. The number of carbonyl (C=O) groups is 1. The normalized spacial score (nSPS) is 22.4. The quantitative estimate of drug-likeness (QED) is 0.864. The number of ether oxygens (including phenoxy) is 1. The zero-order valence-electron chi connectivity index (χ0n) is 11.6. The fourth-order valence-corrected chi connectivity index (χ4v) is 3.04. The van der Waals surface area contributed by atoms with Crippen molar-refractivity contribution in [3.05, 3.63) is 34.3 Å². The molecule has 1 fully saturated rings. The van der Waals surface area contributed by atoms with E-state index in [1.54, 1.807) is 0 Å². The van der Waals surface area contributed by atoms with Crippen molar-refractivity contribution in [2.75, 3.05) is 19.8 Å². The van der Waals surface area contributed by atoms with Crippen LogP contribution in [-0.4, -0.2) is 41.8 Å². The minimum atomic E-state index is -0.763. The van der Waals surface area contributed by atoms with Crippen LogP contribution in [0.25, 0.3) is 0 Å². The highest BCUT2D eigenvalue weighted by atomic mass is 79.9. The van der Waals surface area contributed by atoms with Gasteiger partial charge in [0.1, 0.15) is 0 Å². The molecule has 110 valence electrons. The first kappa shape index (κ1) is 15.5. The van der Waals surface area contributed by atoms with E-state index in [0.717, 1.165) is 24.0 Å². The molecule has 0 amide bonds. The SMILES string of the molecule is CCCN(Cc1ccccc1Br)C1COCC1C(=O)O. The second kappa shape index (κ2) is 7.20. The maximum absolute atomic E-state index is 11.3. The maximum Gasteiger partial charge on any atom is 0.310 e. The number of hydrogen-bond acceptors (Lipinski definition) is 3. The van der Waals surface area contributed by atoms with Gasteiger partial charge in [0, 0.05) is 17.1 Å².